The Kier molecular flexibility index (Phi) is 4.15. The number of halogens is 4. The molecule has 0 aliphatic carbocycles. The van der Waals surface area contributed by atoms with E-state index in [1.165, 1.54) is 19.1 Å². The molecule has 0 aliphatic heterocycles. The fourth-order valence-electron chi connectivity index (χ4n) is 1.74. The predicted octanol–water partition coefficient (Wildman–Crippen LogP) is 3.92. The third-order valence-electron chi connectivity index (χ3n) is 2.84. The Morgan fingerprint density at radius 1 is 1.05 bits per heavy atom. The van der Waals surface area contributed by atoms with Crippen LogP contribution in [0.3, 0.4) is 0 Å². The van der Waals surface area contributed by atoms with Gasteiger partial charge in [-0.15, -0.1) is 0 Å². The van der Waals surface area contributed by atoms with E-state index < -0.39 is 38.3 Å². The molecule has 22 heavy (non-hydrogen) atoms. The lowest BCUT2D eigenvalue weighted by Gasteiger charge is -2.13. The highest BCUT2D eigenvalue weighted by molar-refractivity contribution is 7.87. The molecular formula is C14H10F4O3S. The zero-order chi connectivity index (χ0) is 16.5. The first kappa shape index (κ1) is 16.3. The van der Waals surface area contributed by atoms with Gasteiger partial charge in [0.05, 0.1) is 5.56 Å². The molecule has 2 aromatic carbocycles. The van der Waals surface area contributed by atoms with Crippen molar-refractivity contribution in [2.45, 2.75) is 18.0 Å². The van der Waals surface area contributed by atoms with Crippen molar-refractivity contribution in [3.63, 3.8) is 0 Å². The van der Waals surface area contributed by atoms with Gasteiger partial charge < -0.3 is 4.18 Å². The SMILES string of the molecule is Cc1ccc(S(=O)(=O)Oc2ccccc2F)cc1C(F)(F)F. The van der Waals surface area contributed by atoms with Gasteiger partial charge in [0, 0.05) is 0 Å². The summed E-state index contributed by atoms with van der Waals surface area (Å²) in [6.45, 7) is 1.21. The van der Waals surface area contributed by atoms with E-state index >= 15 is 0 Å². The first-order valence-electron chi connectivity index (χ1n) is 5.98. The summed E-state index contributed by atoms with van der Waals surface area (Å²) in [6, 6.07) is 7.15. The molecule has 3 nitrogen and oxygen atoms in total. The van der Waals surface area contributed by atoms with Crippen molar-refractivity contribution in [2.24, 2.45) is 0 Å². The van der Waals surface area contributed by atoms with Gasteiger partial charge in [-0.05, 0) is 36.8 Å². The summed E-state index contributed by atoms with van der Waals surface area (Å²) in [6.07, 6.45) is -4.70. The predicted molar refractivity (Wildman–Crippen MR) is 70.4 cm³/mol. The third kappa shape index (κ3) is 3.38. The fraction of sp³-hybridized carbons (Fsp3) is 0.143. The van der Waals surface area contributed by atoms with E-state index in [1.54, 1.807) is 0 Å². The Morgan fingerprint density at radius 3 is 2.27 bits per heavy atom. The summed E-state index contributed by atoms with van der Waals surface area (Å²) in [4.78, 5) is -0.700. The topological polar surface area (TPSA) is 43.4 Å². The quantitative estimate of drug-likeness (QED) is 0.631. The molecule has 2 rings (SSSR count). The molecule has 8 heteroatoms. The molecule has 2 aromatic rings. The molecule has 0 atom stereocenters. The van der Waals surface area contributed by atoms with Crippen molar-refractivity contribution < 1.29 is 30.2 Å². The second kappa shape index (κ2) is 5.60. The van der Waals surface area contributed by atoms with Crippen molar-refractivity contribution in [1.29, 1.82) is 0 Å². The molecule has 0 saturated heterocycles. The second-order valence-corrected chi connectivity index (χ2v) is 5.99. The van der Waals surface area contributed by atoms with Crippen LogP contribution in [0.1, 0.15) is 11.1 Å². The van der Waals surface area contributed by atoms with Crippen molar-refractivity contribution in [3.8, 4) is 5.75 Å². The summed E-state index contributed by atoms with van der Waals surface area (Å²) in [7, 11) is -4.58. The van der Waals surface area contributed by atoms with Crippen LogP contribution in [-0.2, 0) is 16.3 Å². The number of rotatable bonds is 3. The van der Waals surface area contributed by atoms with Gasteiger partial charge in [-0.1, -0.05) is 18.2 Å². The lowest BCUT2D eigenvalue weighted by Crippen LogP contribution is -2.14. The molecule has 0 unspecified atom stereocenters. The Bertz CT molecular complexity index is 798. The maximum Gasteiger partial charge on any atom is 0.416 e. The van der Waals surface area contributed by atoms with Gasteiger partial charge in [0.15, 0.2) is 11.6 Å². The van der Waals surface area contributed by atoms with Crippen LogP contribution in [0.4, 0.5) is 17.6 Å². The Labute approximate surface area is 124 Å². The normalized spacial score (nSPS) is 12.2. The van der Waals surface area contributed by atoms with Crippen LogP contribution < -0.4 is 4.18 Å². The summed E-state index contributed by atoms with van der Waals surface area (Å²) < 4.78 is 80.4. The molecule has 0 N–H and O–H groups in total. The third-order valence-corrected chi connectivity index (χ3v) is 4.07. The minimum absolute atomic E-state index is 0.127. The molecule has 0 fully saturated rings. The van der Waals surface area contributed by atoms with E-state index in [1.807, 2.05) is 0 Å². The van der Waals surface area contributed by atoms with Gasteiger partial charge in [-0.25, -0.2) is 4.39 Å². The van der Waals surface area contributed by atoms with Crippen LogP contribution in [0, 0.1) is 12.7 Å². The number of alkyl halides is 3. The molecule has 0 heterocycles. The summed E-state index contributed by atoms with van der Waals surface area (Å²) in [5, 5.41) is 0. The minimum atomic E-state index is -4.70. The van der Waals surface area contributed by atoms with Crippen LogP contribution in [-0.4, -0.2) is 8.42 Å². The molecule has 118 valence electrons. The Balaban J connectivity index is 2.45. The van der Waals surface area contributed by atoms with Crippen molar-refractivity contribution in [3.05, 3.63) is 59.4 Å². The highest BCUT2D eigenvalue weighted by Crippen LogP contribution is 2.33. The highest BCUT2D eigenvalue weighted by atomic mass is 32.2. The van der Waals surface area contributed by atoms with E-state index in [9.17, 15) is 26.0 Å². The van der Waals surface area contributed by atoms with Crippen molar-refractivity contribution >= 4 is 10.1 Å². The number of para-hydroxylation sites is 1. The zero-order valence-electron chi connectivity index (χ0n) is 11.2. The van der Waals surface area contributed by atoms with E-state index in [-0.39, 0.29) is 5.56 Å². The number of hydrogen-bond acceptors (Lipinski definition) is 3. The minimum Gasteiger partial charge on any atom is -0.376 e. The highest BCUT2D eigenvalue weighted by Gasteiger charge is 2.34. The molecule has 0 aliphatic rings. The van der Waals surface area contributed by atoms with Gasteiger partial charge in [0.2, 0.25) is 0 Å². The first-order valence-corrected chi connectivity index (χ1v) is 7.39. The van der Waals surface area contributed by atoms with E-state index in [0.29, 0.717) is 6.07 Å². The lowest BCUT2D eigenvalue weighted by molar-refractivity contribution is -0.138. The largest absolute Gasteiger partial charge is 0.416 e. The van der Waals surface area contributed by atoms with Gasteiger partial charge in [0.25, 0.3) is 0 Å². The summed E-state index contributed by atoms with van der Waals surface area (Å²) >= 11 is 0. The molecular weight excluding hydrogens is 324 g/mol. The van der Waals surface area contributed by atoms with Crippen LogP contribution in [0.15, 0.2) is 47.4 Å². The maximum atomic E-state index is 13.4. The number of benzene rings is 2. The monoisotopic (exact) mass is 334 g/mol. The fourth-order valence-corrected chi connectivity index (χ4v) is 2.71. The van der Waals surface area contributed by atoms with Gasteiger partial charge in [-0.3, -0.25) is 0 Å². The average molecular weight is 334 g/mol. The van der Waals surface area contributed by atoms with Gasteiger partial charge >= 0.3 is 16.3 Å². The van der Waals surface area contributed by atoms with Gasteiger partial charge in [-0.2, -0.15) is 21.6 Å². The first-order chi connectivity index (χ1) is 10.1. The average Bonchev–Trinajstić information content (AvgIpc) is 2.40. The zero-order valence-corrected chi connectivity index (χ0v) is 12.0. The Hall–Kier alpha value is -2.09. The Morgan fingerprint density at radius 2 is 1.68 bits per heavy atom. The van der Waals surface area contributed by atoms with E-state index in [0.717, 1.165) is 24.3 Å². The smallest absolute Gasteiger partial charge is 0.376 e. The lowest BCUT2D eigenvalue weighted by atomic mass is 10.1. The van der Waals surface area contributed by atoms with E-state index in [4.69, 9.17) is 0 Å². The van der Waals surface area contributed by atoms with Crippen LogP contribution in [0.2, 0.25) is 0 Å². The number of hydrogen-bond donors (Lipinski definition) is 0. The molecule has 0 amide bonds. The molecule has 0 saturated carbocycles. The maximum absolute atomic E-state index is 13.4. The molecule has 0 bridgehead atoms. The van der Waals surface area contributed by atoms with E-state index in [2.05, 4.69) is 4.18 Å². The van der Waals surface area contributed by atoms with Crippen molar-refractivity contribution in [2.75, 3.05) is 0 Å². The van der Waals surface area contributed by atoms with Crippen LogP contribution >= 0.6 is 0 Å². The summed E-state index contributed by atoms with van der Waals surface area (Å²) in [5.41, 5.74) is -1.22. The van der Waals surface area contributed by atoms with Gasteiger partial charge in [0.1, 0.15) is 4.90 Å². The van der Waals surface area contributed by atoms with Crippen LogP contribution in [0.25, 0.3) is 0 Å². The summed E-state index contributed by atoms with van der Waals surface area (Å²) in [5.74, 6) is -1.52. The number of aryl methyl sites for hydroxylation is 1. The molecule has 0 radical (unpaired) electrons. The van der Waals surface area contributed by atoms with Crippen LogP contribution in [0.5, 0.6) is 5.75 Å². The molecule has 0 spiro atoms. The second-order valence-electron chi connectivity index (χ2n) is 4.44. The molecule has 0 aromatic heterocycles. The standard InChI is InChI=1S/C14H10F4O3S/c1-9-6-7-10(8-11(9)14(16,17)18)22(19,20)21-13-5-3-2-4-12(13)15/h2-8H,1H3. The van der Waals surface area contributed by atoms with Crippen molar-refractivity contribution in [1.82, 2.24) is 0 Å².